The topological polar surface area (TPSA) is 49.8 Å². The van der Waals surface area contributed by atoms with Crippen LogP contribution in [0.25, 0.3) is 0 Å². The molecular weight excluding hydrogens is 236 g/mol. The van der Waals surface area contributed by atoms with E-state index in [-0.39, 0.29) is 0 Å². The fraction of sp³-hybridized carbons (Fsp3) is 0.333. The molecule has 2 heterocycles. The predicted octanol–water partition coefficient (Wildman–Crippen LogP) is 2.04. The molecule has 1 aliphatic heterocycles. The number of nitrogens with one attached hydrogen (secondary N) is 2. The van der Waals surface area contributed by atoms with Crippen LogP contribution in [0.2, 0.25) is 0 Å². The standard InChI is InChI=1S/C15H18N4/c1-11-17-8-6-14(19-11)10-16-9-13-4-2-3-12-5-7-18-15(12)13/h2-4,6,8,16,18H,5,7,9-10H2,1H3. The normalized spacial score (nSPS) is 13.1. The molecule has 1 aromatic heterocycles. The molecule has 0 radical (unpaired) electrons. The molecule has 3 rings (SSSR count). The first-order valence-corrected chi connectivity index (χ1v) is 6.67. The van der Waals surface area contributed by atoms with E-state index in [1.807, 2.05) is 13.0 Å². The minimum Gasteiger partial charge on any atom is -0.384 e. The number of aryl methyl sites for hydroxylation is 1. The molecule has 4 nitrogen and oxygen atoms in total. The number of hydrogen-bond acceptors (Lipinski definition) is 4. The van der Waals surface area contributed by atoms with E-state index in [9.17, 15) is 0 Å². The molecule has 0 spiro atoms. The van der Waals surface area contributed by atoms with Crippen molar-refractivity contribution in [3.05, 3.63) is 53.1 Å². The number of benzene rings is 1. The summed E-state index contributed by atoms with van der Waals surface area (Å²) in [7, 11) is 0. The fourth-order valence-corrected chi connectivity index (χ4v) is 2.49. The van der Waals surface area contributed by atoms with Crippen LogP contribution in [0.3, 0.4) is 0 Å². The minimum atomic E-state index is 0.771. The van der Waals surface area contributed by atoms with Crippen LogP contribution < -0.4 is 10.6 Å². The molecule has 0 saturated carbocycles. The van der Waals surface area contributed by atoms with Gasteiger partial charge in [0.05, 0.1) is 5.69 Å². The van der Waals surface area contributed by atoms with E-state index in [2.05, 4.69) is 38.8 Å². The number of aromatic nitrogens is 2. The third-order valence-corrected chi connectivity index (χ3v) is 3.39. The lowest BCUT2D eigenvalue weighted by atomic mass is 10.1. The summed E-state index contributed by atoms with van der Waals surface area (Å²) in [6.07, 6.45) is 2.94. The fourth-order valence-electron chi connectivity index (χ4n) is 2.49. The van der Waals surface area contributed by atoms with Gasteiger partial charge in [0.25, 0.3) is 0 Å². The minimum absolute atomic E-state index is 0.771. The molecule has 4 heteroatoms. The van der Waals surface area contributed by atoms with Crippen LogP contribution in [0.1, 0.15) is 22.6 Å². The summed E-state index contributed by atoms with van der Waals surface area (Å²) >= 11 is 0. The second-order valence-electron chi connectivity index (χ2n) is 4.83. The Bertz CT molecular complexity index is 580. The summed E-state index contributed by atoms with van der Waals surface area (Å²) in [5.41, 5.74) is 5.11. The highest BCUT2D eigenvalue weighted by Crippen LogP contribution is 2.26. The van der Waals surface area contributed by atoms with Gasteiger partial charge in [-0.15, -0.1) is 0 Å². The van der Waals surface area contributed by atoms with Crippen molar-refractivity contribution in [3.8, 4) is 0 Å². The second kappa shape index (κ2) is 5.36. The molecular formula is C15H18N4. The molecule has 2 aromatic rings. The van der Waals surface area contributed by atoms with Crippen molar-refractivity contribution in [2.75, 3.05) is 11.9 Å². The predicted molar refractivity (Wildman–Crippen MR) is 75.9 cm³/mol. The molecule has 0 unspecified atom stereocenters. The number of fused-ring (bicyclic) bond motifs is 1. The van der Waals surface area contributed by atoms with E-state index in [0.29, 0.717) is 0 Å². The van der Waals surface area contributed by atoms with Gasteiger partial charge in [0, 0.05) is 31.5 Å². The number of nitrogens with zero attached hydrogens (tertiary/aromatic N) is 2. The molecule has 1 aromatic carbocycles. The van der Waals surface area contributed by atoms with Crippen LogP contribution in [0.4, 0.5) is 5.69 Å². The van der Waals surface area contributed by atoms with Crippen LogP contribution in [-0.4, -0.2) is 16.5 Å². The van der Waals surface area contributed by atoms with Crippen molar-refractivity contribution in [1.29, 1.82) is 0 Å². The van der Waals surface area contributed by atoms with Crippen molar-refractivity contribution in [3.63, 3.8) is 0 Å². The average molecular weight is 254 g/mol. The molecule has 19 heavy (non-hydrogen) atoms. The monoisotopic (exact) mass is 254 g/mol. The molecule has 0 amide bonds. The third kappa shape index (κ3) is 2.74. The molecule has 0 bridgehead atoms. The number of hydrogen-bond donors (Lipinski definition) is 2. The molecule has 0 atom stereocenters. The smallest absolute Gasteiger partial charge is 0.125 e. The molecule has 98 valence electrons. The van der Waals surface area contributed by atoms with Crippen molar-refractivity contribution in [1.82, 2.24) is 15.3 Å². The van der Waals surface area contributed by atoms with Gasteiger partial charge in [0.15, 0.2) is 0 Å². The number of para-hydroxylation sites is 1. The van der Waals surface area contributed by atoms with Gasteiger partial charge in [0.1, 0.15) is 5.82 Å². The zero-order valence-corrected chi connectivity index (χ0v) is 11.1. The Kier molecular flexibility index (Phi) is 3.42. The second-order valence-corrected chi connectivity index (χ2v) is 4.83. The number of anilines is 1. The lowest BCUT2D eigenvalue weighted by Gasteiger charge is -2.10. The lowest BCUT2D eigenvalue weighted by Crippen LogP contribution is -2.15. The summed E-state index contributed by atoms with van der Waals surface area (Å²) in [5, 5.41) is 6.91. The van der Waals surface area contributed by atoms with Gasteiger partial charge >= 0.3 is 0 Å². The van der Waals surface area contributed by atoms with Crippen LogP contribution in [0, 0.1) is 6.92 Å². The molecule has 1 aliphatic rings. The first-order chi connectivity index (χ1) is 9.33. The van der Waals surface area contributed by atoms with Crippen molar-refractivity contribution >= 4 is 5.69 Å². The highest BCUT2D eigenvalue weighted by atomic mass is 14.9. The van der Waals surface area contributed by atoms with E-state index in [4.69, 9.17) is 0 Å². The van der Waals surface area contributed by atoms with Crippen LogP contribution in [-0.2, 0) is 19.5 Å². The zero-order valence-electron chi connectivity index (χ0n) is 11.1. The van der Waals surface area contributed by atoms with E-state index >= 15 is 0 Å². The first-order valence-electron chi connectivity index (χ1n) is 6.67. The highest BCUT2D eigenvalue weighted by Gasteiger charge is 2.12. The van der Waals surface area contributed by atoms with Gasteiger partial charge in [-0.25, -0.2) is 9.97 Å². The first kappa shape index (κ1) is 12.1. The summed E-state index contributed by atoms with van der Waals surface area (Å²) in [6.45, 7) is 4.60. The van der Waals surface area contributed by atoms with E-state index in [0.717, 1.165) is 37.6 Å². The van der Waals surface area contributed by atoms with E-state index in [1.165, 1.54) is 16.8 Å². The van der Waals surface area contributed by atoms with Gasteiger partial charge in [-0.05, 0) is 30.5 Å². The van der Waals surface area contributed by atoms with Gasteiger partial charge in [0.2, 0.25) is 0 Å². The largest absolute Gasteiger partial charge is 0.384 e. The number of rotatable bonds is 4. The maximum absolute atomic E-state index is 4.39. The molecule has 0 saturated heterocycles. The molecule has 0 fully saturated rings. The molecule has 0 aliphatic carbocycles. The van der Waals surface area contributed by atoms with Crippen LogP contribution in [0.5, 0.6) is 0 Å². The SMILES string of the molecule is Cc1nccc(CNCc2cccc3c2NCC3)n1. The zero-order chi connectivity index (χ0) is 13.1. The Balaban J connectivity index is 1.63. The van der Waals surface area contributed by atoms with Crippen molar-refractivity contribution in [2.24, 2.45) is 0 Å². The van der Waals surface area contributed by atoms with Crippen LogP contribution >= 0.6 is 0 Å². The quantitative estimate of drug-likeness (QED) is 0.876. The summed E-state index contributed by atoms with van der Waals surface area (Å²) in [5.74, 6) is 0.821. The third-order valence-electron chi connectivity index (χ3n) is 3.39. The highest BCUT2D eigenvalue weighted by molar-refractivity contribution is 5.61. The Morgan fingerprint density at radius 1 is 1.26 bits per heavy atom. The summed E-state index contributed by atoms with van der Waals surface area (Å²) in [4.78, 5) is 8.49. The van der Waals surface area contributed by atoms with E-state index < -0.39 is 0 Å². The van der Waals surface area contributed by atoms with Gasteiger partial charge < -0.3 is 10.6 Å². The van der Waals surface area contributed by atoms with Crippen LogP contribution in [0.15, 0.2) is 30.5 Å². The van der Waals surface area contributed by atoms with E-state index in [1.54, 1.807) is 6.20 Å². The van der Waals surface area contributed by atoms with Gasteiger partial charge in [-0.2, -0.15) is 0 Å². The Morgan fingerprint density at radius 2 is 2.21 bits per heavy atom. The summed E-state index contributed by atoms with van der Waals surface area (Å²) in [6, 6.07) is 8.47. The maximum atomic E-state index is 4.39. The lowest BCUT2D eigenvalue weighted by molar-refractivity contribution is 0.676. The van der Waals surface area contributed by atoms with Gasteiger partial charge in [-0.1, -0.05) is 18.2 Å². The maximum Gasteiger partial charge on any atom is 0.125 e. The summed E-state index contributed by atoms with van der Waals surface area (Å²) < 4.78 is 0. The Morgan fingerprint density at radius 3 is 3.11 bits per heavy atom. The average Bonchev–Trinajstić information content (AvgIpc) is 2.88. The Hall–Kier alpha value is -1.94. The Labute approximate surface area is 113 Å². The van der Waals surface area contributed by atoms with Gasteiger partial charge in [-0.3, -0.25) is 0 Å². The van der Waals surface area contributed by atoms with Crippen molar-refractivity contribution < 1.29 is 0 Å². The van der Waals surface area contributed by atoms with Crippen molar-refractivity contribution in [2.45, 2.75) is 26.4 Å². The molecule has 2 N–H and O–H groups in total.